The van der Waals surface area contributed by atoms with Gasteiger partial charge in [0.15, 0.2) is 0 Å². The van der Waals surface area contributed by atoms with Crippen molar-refractivity contribution < 1.29 is 23.9 Å². The molecular weight excluding hydrogens is 243 g/mol. The average Bonchev–Trinajstić information content (AvgIpc) is 2.20. The Morgan fingerprint density at radius 3 is 2.00 bits per heavy atom. The Bertz CT molecular complexity index is 254. The minimum absolute atomic E-state index is 0.0751. The maximum Gasteiger partial charge on any atom is 0.512 e. The van der Waals surface area contributed by atoms with Crippen molar-refractivity contribution in [3.63, 3.8) is 0 Å². The van der Waals surface area contributed by atoms with Gasteiger partial charge in [-0.2, -0.15) is 0 Å². The van der Waals surface area contributed by atoms with Gasteiger partial charge in [0.25, 0.3) is 0 Å². The highest BCUT2D eigenvalue weighted by Crippen LogP contribution is 2.42. The average molecular weight is 266 g/mol. The highest BCUT2D eigenvalue weighted by Gasteiger charge is 2.22. The van der Waals surface area contributed by atoms with Gasteiger partial charge in [-0.05, 0) is 6.42 Å². The van der Waals surface area contributed by atoms with E-state index in [1.54, 1.807) is 0 Å². The zero-order valence-corrected chi connectivity index (χ0v) is 11.3. The third-order valence-electron chi connectivity index (χ3n) is 2.51. The topological polar surface area (TPSA) is 83.8 Å². The van der Waals surface area contributed by atoms with E-state index in [2.05, 4.69) is 11.4 Å². The Balaban J connectivity index is 3.38. The van der Waals surface area contributed by atoms with E-state index in [0.717, 1.165) is 19.3 Å². The van der Waals surface area contributed by atoms with Crippen LogP contribution in [0.2, 0.25) is 0 Å². The third-order valence-corrected chi connectivity index (χ3v) is 3.84. The van der Waals surface area contributed by atoms with E-state index in [0.29, 0.717) is 6.42 Å². The Labute approximate surface area is 103 Å². The molecule has 0 aromatic heterocycles. The lowest BCUT2D eigenvalue weighted by Gasteiger charge is -2.08. The summed E-state index contributed by atoms with van der Waals surface area (Å²) in [6.45, 7) is 2.17. The number of carboxylic acid groups (broad SMARTS) is 1. The lowest BCUT2D eigenvalue weighted by atomic mass is 10.1. The quantitative estimate of drug-likeness (QED) is 0.461. The van der Waals surface area contributed by atoms with E-state index in [1.807, 2.05) is 0 Å². The molecule has 0 rings (SSSR count). The van der Waals surface area contributed by atoms with Gasteiger partial charge < -0.3 is 14.5 Å². The maximum atomic E-state index is 11.2. The van der Waals surface area contributed by atoms with Crippen LogP contribution in [0.3, 0.4) is 0 Å². The smallest absolute Gasteiger partial charge is 0.449 e. The Kier molecular flexibility index (Phi) is 9.18. The zero-order valence-electron chi connectivity index (χ0n) is 10.4. The molecule has 0 aliphatic heterocycles. The fourth-order valence-electron chi connectivity index (χ4n) is 1.61. The third kappa shape index (κ3) is 11.7. The molecule has 6 heteroatoms. The lowest BCUT2D eigenvalue weighted by molar-refractivity contribution is 0.138. The minimum atomic E-state index is -3.91. The molecule has 0 amide bonds. The molecule has 5 nitrogen and oxygen atoms in total. The second-order valence-corrected chi connectivity index (χ2v) is 6.10. The fraction of sp³-hybridized carbons (Fsp3) is 0.909. The van der Waals surface area contributed by atoms with Gasteiger partial charge >= 0.3 is 13.8 Å². The van der Waals surface area contributed by atoms with E-state index in [1.165, 1.54) is 25.7 Å². The van der Waals surface area contributed by atoms with Gasteiger partial charge in [0.2, 0.25) is 0 Å². The van der Waals surface area contributed by atoms with E-state index in [-0.39, 0.29) is 6.16 Å². The van der Waals surface area contributed by atoms with Gasteiger partial charge in [0.05, 0.1) is 6.16 Å². The summed E-state index contributed by atoms with van der Waals surface area (Å²) < 4.78 is 15.1. The Hall–Kier alpha value is -0.540. The van der Waals surface area contributed by atoms with E-state index >= 15 is 0 Å². The van der Waals surface area contributed by atoms with Crippen molar-refractivity contribution in [3.8, 4) is 0 Å². The Morgan fingerprint density at radius 1 is 1.06 bits per heavy atom. The maximum absolute atomic E-state index is 11.2. The first kappa shape index (κ1) is 16.5. The summed E-state index contributed by atoms with van der Waals surface area (Å²) >= 11 is 0. The number of carbonyl (C=O) groups is 1. The molecule has 0 saturated heterocycles. The SMILES string of the molecule is CCCCCCCCCCP(=O)(O)OC(=O)O. The number of hydrogen-bond donors (Lipinski definition) is 2. The molecule has 1 unspecified atom stereocenters. The van der Waals surface area contributed by atoms with Crippen LogP contribution >= 0.6 is 7.60 Å². The van der Waals surface area contributed by atoms with Crippen molar-refractivity contribution in [2.75, 3.05) is 6.16 Å². The molecule has 0 fully saturated rings. The van der Waals surface area contributed by atoms with Gasteiger partial charge in [-0.15, -0.1) is 0 Å². The van der Waals surface area contributed by atoms with Crippen LogP contribution in [-0.2, 0) is 9.09 Å². The molecule has 0 aromatic carbocycles. The second-order valence-electron chi connectivity index (χ2n) is 4.19. The van der Waals surface area contributed by atoms with Gasteiger partial charge in [0, 0.05) is 0 Å². The molecule has 17 heavy (non-hydrogen) atoms. The summed E-state index contributed by atoms with van der Waals surface area (Å²) in [5, 5.41) is 8.22. The highest BCUT2D eigenvalue weighted by molar-refractivity contribution is 7.53. The van der Waals surface area contributed by atoms with Gasteiger partial charge in [-0.3, -0.25) is 0 Å². The summed E-state index contributed by atoms with van der Waals surface area (Å²) in [7, 11) is -3.91. The van der Waals surface area contributed by atoms with Crippen molar-refractivity contribution in [3.05, 3.63) is 0 Å². The fourth-order valence-corrected chi connectivity index (χ4v) is 2.57. The summed E-state index contributed by atoms with van der Waals surface area (Å²) in [5.41, 5.74) is 0. The van der Waals surface area contributed by atoms with Crippen LogP contribution in [-0.4, -0.2) is 22.3 Å². The molecule has 0 bridgehead atoms. The molecule has 0 radical (unpaired) electrons. The first-order valence-corrected chi connectivity index (χ1v) is 7.98. The molecule has 2 N–H and O–H groups in total. The number of unbranched alkanes of at least 4 members (excludes halogenated alkanes) is 7. The van der Waals surface area contributed by atoms with Crippen molar-refractivity contribution in [2.45, 2.75) is 58.3 Å². The van der Waals surface area contributed by atoms with Crippen LogP contribution in [0, 0.1) is 0 Å². The van der Waals surface area contributed by atoms with E-state index in [9.17, 15) is 9.36 Å². The van der Waals surface area contributed by atoms with Gasteiger partial charge in [-0.1, -0.05) is 51.9 Å². The first-order valence-electron chi connectivity index (χ1n) is 6.22. The van der Waals surface area contributed by atoms with Crippen molar-refractivity contribution in [1.29, 1.82) is 0 Å². The standard InChI is InChI=1S/C11H23O5P/c1-2-3-4-5-6-7-8-9-10-17(14,15)16-11(12)13/h2-10H2,1H3,(H,12,13)(H,14,15). The van der Waals surface area contributed by atoms with Crippen molar-refractivity contribution in [1.82, 2.24) is 0 Å². The molecule has 0 aromatic rings. The van der Waals surface area contributed by atoms with Crippen molar-refractivity contribution >= 4 is 13.8 Å². The molecular formula is C11H23O5P. The van der Waals surface area contributed by atoms with Crippen LogP contribution < -0.4 is 0 Å². The van der Waals surface area contributed by atoms with Gasteiger partial charge in [0.1, 0.15) is 0 Å². The molecule has 0 aliphatic rings. The van der Waals surface area contributed by atoms with Gasteiger partial charge in [-0.25, -0.2) is 9.36 Å². The minimum Gasteiger partial charge on any atom is -0.449 e. The molecule has 102 valence electrons. The second kappa shape index (κ2) is 9.49. The monoisotopic (exact) mass is 266 g/mol. The highest BCUT2D eigenvalue weighted by atomic mass is 31.2. The van der Waals surface area contributed by atoms with Crippen LogP contribution in [0.4, 0.5) is 4.79 Å². The van der Waals surface area contributed by atoms with Crippen LogP contribution in [0.25, 0.3) is 0 Å². The van der Waals surface area contributed by atoms with Crippen molar-refractivity contribution in [2.24, 2.45) is 0 Å². The first-order chi connectivity index (χ1) is 7.98. The van der Waals surface area contributed by atoms with Crippen LogP contribution in [0.5, 0.6) is 0 Å². The molecule has 0 heterocycles. The van der Waals surface area contributed by atoms with E-state index in [4.69, 9.17) is 10.00 Å². The predicted molar refractivity (Wildman–Crippen MR) is 66.4 cm³/mol. The summed E-state index contributed by atoms with van der Waals surface area (Å²) in [4.78, 5) is 19.2. The molecule has 0 spiro atoms. The number of hydrogen-bond acceptors (Lipinski definition) is 3. The summed E-state index contributed by atoms with van der Waals surface area (Å²) in [6.07, 6.45) is 6.72. The molecule has 0 aliphatic carbocycles. The molecule has 1 atom stereocenters. The largest absolute Gasteiger partial charge is 0.512 e. The number of rotatable bonds is 10. The van der Waals surface area contributed by atoms with Crippen LogP contribution in [0.1, 0.15) is 58.3 Å². The summed E-state index contributed by atoms with van der Waals surface area (Å²) in [6, 6.07) is 0. The lowest BCUT2D eigenvalue weighted by Crippen LogP contribution is -2.01. The summed E-state index contributed by atoms with van der Waals surface area (Å²) in [5.74, 6) is 0. The Morgan fingerprint density at radius 2 is 1.53 bits per heavy atom. The zero-order chi connectivity index (χ0) is 13.1. The predicted octanol–water partition coefficient (Wildman–Crippen LogP) is 4.01. The molecule has 0 saturated carbocycles. The van der Waals surface area contributed by atoms with Crippen LogP contribution in [0.15, 0.2) is 0 Å². The normalized spacial score (nSPS) is 14.2. The van der Waals surface area contributed by atoms with E-state index < -0.39 is 13.8 Å².